The molecular formula is C14H16ClN3O. The summed E-state index contributed by atoms with van der Waals surface area (Å²) in [6.45, 7) is 3.32. The molecule has 0 aliphatic carbocycles. The van der Waals surface area contributed by atoms with Crippen molar-refractivity contribution in [1.29, 1.82) is 5.26 Å². The summed E-state index contributed by atoms with van der Waals surface area (Å²) in [7, 11) is 0. The van der Waals surface area contributed by atoms with E-state index in [9.17, 15) is 4.79 Å². The van der Waals surface area contributed by atoms with Crippen LogP contribution in [0.4, 0.5) is 5.69 Å². The van der Waals surface area contributed by atoms with Crippen molar-refractivity contribution in [3.05, 3.63) is 28.8 Å². The topological polar surface area (TPSA) is 56.1 Å². The highest BCUT2D eigenvalue weighted by Gasteiger charge is 2.25. The van der Waals surface area contributed by atoms with Gasteiger partial charge in [-0.15, -0.1) is 0 Å². The van der Waals surface area contributed by atoms with Gasteiger partial charge in [0, 0.05) is 30.6 Å². The molecular weight excluding hydrogens is 262 g/mol. The van der Waals surface area contributed by atoms with Crippen molar-refractivity contribution in [3.63, 3.8) is 0 Å². The summed E-state index contributed by atoms with van der Waals surface area (Å²) in [5, 5.41) is 13.0. The van der Waals surface area contributed by atoms with Gasteiger partial charge in [0.2, 0.25) is 5.91 Å². The molecule has 0 bridgehead atoms. The number of halogens is 1. The minimum absolute atomic E-state index is 0.177. The largest absolute Gasteiger partial charge is 0.379 e. The van der Waals surface area contributed by atoms with Crippen LogP contribution in [0.5, 0.6) is 0 Å². The van der Waals surface area contributed by atoms with E-state index in [4.69, 9.17) is 16.9 Å². The number of benzene rings is 1. The third-order valence-electron chi connectivity index (χ3n) is 3.31. The summed E-state index contributed by atoms with van der Waals surface area (Å²) in [6, 6.07) is 7.48. The van der Waals surface area contributed by atoms with E-state index in [0.29, 0.717) is 23.6 Å². The van der Waals surface area contributed by atoms with E-state index >= 15 is 0 Å². The second-order valence-corrected chi connectivity index (χ2v) is 5.06. The van der Waals surface area contributed by atoms with Crippen molar-refractivity contribution in [2.24, 2.45) is 0 Å². The molecule has 1 atom stereocenters. The molecule has 1 saturated heterocycles. The molecule has 19 heavy (non-hydrogen) atoms. The second kappa shape index (κ2) is 5.94. The molecule has 1 aliphatic rings. The monoisotopic (exact) mass is 277 g/mol. The molecule has 1 amide bonds. The van der Waals surface area contributed by atoms with Gasteiger partial charge >= 0.3 is 0 Å². The maximum Gasteiger partial charge on any atom is 0.222 e. The first-order valence-corrected chi connectivity index (χ1v) is 6.75. The van der Waals surface area contributed by atoms with Gasteiger partial charge in [0.1, 0.15) is 6.07 Å². The summed E-state index contributed by atoms with van der Waals surface area (Å²) >= 11 is 5.95. The van der Waals surface area contributed by atoms with Crippen molar-refractivity contribution >= 4 is 23.2 Å². The fraction of sp³-hybridized carbons (Fsp3) is 0.429. The Morgan fingerprint density at radius 1 is 1.63 bits per heavy atom. The van der Waals surface area contributed by atoms with Crippen molar-refractivity contribution in [2.45, 2.75) is 25.8 Å². The molecule has 0 saturated carbocycles. The first kappa shape index (κ1) is 13.7. The van der Waals surface area contributed by atoms with Gasteiger partial charge in [0.25, 0.3) is 0 Å². The fourth-order valence-corrected chi connectivity index (χ4v) is 2.45. The van der Waals surface area contributed by atoms with E-state index < -0.39 is 0 Å². The summed E-state index contributed by atoms with van der Waals surface area (Å²) in [5.41, 5.74) is 1.32. The molecule has 1 N–H and O–H groups in total. The van der Waals surface area contributed by atoms with Gasteiger partial charge in [-0.2, -0.15) is 5.26 Å². The van der Waals surface area contributed by atoms with E-state index in [0.717, 1.165) is 18.7 Å². The van der Waals surface area contributed by atoms with Gasteiger partial charge in [-0.25, -0.2) is 0 Å². The Hall–Kier alpha value is -1.73. The zero-order valence-corrected chi connectivity index (χ0v) is 11.6. The van der Waals surface area contributed by atoms with Crippen LogP contribution in [0.2, 0.25) is 5.02 Å². The van der Waals surface area contributed by atoms with Crippen LogP contribution in [-0.2, 0) is 4.79 Å². The SMILES string of the molecule is CCC(=O)N1CCC(Nc2cc(Cl)ccc2C#N)C1. The number of amides is 1. The molecule has 1 fully saturated rings. The first-order valence-electron chi connectivity index (χ1n) is 6.38. The average Bonchev–Trinajstić information content (AvgIpc) is 2.86. The number of carbonyl (C=O) groups excluding carboxylic acids is 1. The highest BCUT2D eigenvalue weighted by Crippen LogP contribution is 2.23. The highest BCUT2D eigenvalue weighted by molar-refractivity contribution is 6.30. The number of hydrogen-bond acceptors (Lipinski definition) is 3. The standard InChI is InChI=1S/C14H16ClN3O/c1-2-14(19)18-6-5-12(9-18)17-13-7-11(15)4-3-10(13)8-16/h3-4,7,12,17H,2,5-6,9H2,1H3. The first-order chi connectivity index (χ1) is 9.13. The molecule has 1 aromatic carbocycles. The van der Waals surface area contributed by atoms with Crippen LogP contribution in [0.25, 0.3) is 0 Å². The molecule has 1 aromatic rings. The molecule has 0 spiro atoms. The number of nitrogens with one attached hydrogen (secondary N) is 1. The lowest BCUT2D eigenvalue weighted by Gasteiger charge is -2.17. The van der Waals surface area contributed by atoms with E-state index in [2.05, 4.69) is 11.4 Å². The van der Waals surface area contributed by atoms with Crippen LogP contribution < -0.4 is 5.32 Å². The van der Waals surface area contributed by atoms with Crippen LogP contribution >= 0.6 is 11.6 Å². The van der Waals surface area contributed by atoms with Crippen LogP contribution in [0.3, 0.4) is 0 Å². The summed E-state index contributed by atoms with van der Waals surface area (Å²) < 4.78 is 0. The number of hydrogen-bond donors (Lipinski definition) is 1. The Bertz CT molecular complexity index is 524. The predicted octanol–water partition coefficient (Wildman–Crippen LogP) is 2.63. The van der Waals surface area contributed by atoms with Gasteiger partial charge in [0.15, 0.2) is 0 Å². The Morgan fingerprint density at radius 3 is 3.11 bits per heavy atom. The minimum Gasteiger partial charge on any atom is -0.379 e. The summed E-state index contributed by atoms with van der Waals surface area (Å²) in [6.07, 6.45) is 1.43. The van der Waals surface area contributed by atoms with E-state index in [1.165, 1.54) is 0 Å². The number of anilines is 1. The molecule has 1 aliphatic heterocycles. The van der Waals surface area contributed by atoms with Crippen molar-refractivity contribution < 1.29 is 4.79 Å². The average molecular weight is 278 g/mol. The third-order valence-corrected chi connectivity index (χ3v) is 3.54. The zero-order chi connectivity index (χ0) is 13.8. The van der Waals surface area contributed by atoms with Gasteiger partial charge in [-0.1, -0.05) is 18.5 Å². The fourth-order valence-electron chi connectivity index (χ4n) is 2.28. The molecule has 1 heterocycles. The smallest absolute Gasteiger partial charge is 0.222 e. The van der Waals surface area contributed by atoms with E-state index in [1.807, 2.05) is 11.8 Å². The van der Waals surface area contributed by atoms with Gasteiger partial charge in [0.05, 0.1) is 11.3 Å². The number of carbonyl (C=O) groups is 1. The number of rotatable bonds is 3. The molecule has 4 nitrogen and oxygen atoms in total. The van der Waals surface area contributed by atoms with Crippen LogP contribution in [0.1, 0.15) is 25.3 Å². The number of likely N-dealkylation sites (tertiary alicyclic amines) is 1. The predicted molar refractivity (Wildman–Crippen MR) is 75.1 cm³/mol. The number of nitriles is 1. The highest BCUT2D eigenvalue weighted by atomic mass is 35.5. The molecule has 2 rings (SSSR count). The number of nitrogens with zero attached hydrogens (tertiary/aromatic N) is 2. The summed E-state index contributed by atoms with van der Waals surface area (Å²) in [5.74, 6) is 0.177. The van der Waals surface area contributed by atoms with E-state index in [-0.39, 0.29) is 11.9 Å². The molecule has 100 valence electrons. The lowest BCUT2D eigenvalue weighted by Crippen LogP contribution is -2.31. The lowest BCUT2D eigenvalue weighted by molar-refractivity contribution is -0.129. The van der Waals surface area contributed by atoms with Gasteiger partial charge < -0.3 is 10.2 Å². The Morgan fingerprint density at radius 2 is 2.42 bits per heavy atom. The zero-order valence-electron chi connectivity index (χ0n) is 10.8. The minimum atomic E-state index is 0.177. The van der Waals surface area contributed by atoms with Gasteiger partial charge in [-0.05, 0) is 24.6 Å². The summed E-state index contributed by atoms with van der Waals surface area (Å²) in [4.78, 5) is 13.5. The second-order valence-electron chi connectivity index (χ2n) is 4.62. The van der Waals surface area contributed by atoms with Crippen LogP contribution in [0.15, 0.2) is 18.2 Å². The Kier molecular flexibility index (Phi) is 4.28. The quantitative estimate of drug-likeness (QED) is 0.924. The van der Waals surface area contributed by atoms with Gasteiger partial charge in [-0.3, -0.25) is 4.79 Å². The lowest BCUT2D eigenvalue weighted by atomic mass is 10.1. The maximum absolute atomic E-state index is 11.6. The van der Waals surface area contributed by atoms with Crippen molar-refractivity contribution in [1.82, 2.24) is 4.90 Å². The van der Waals surface area contributed by atoms with Crippen LogP contribution in [0, 0.1) is 11.3 Å². The Labute approximate surface area is 118 Å². The van der Waals surface area contributed by atoms with E-state index in [1.54, 1.807) is 18.2 Å². The normalized spacial score (nSPS) is 18.2. The molecule has 0 aromatic heterocycles. The molecule has 0 radical (unpaired) electrons. The maximum atomic E-state index is 11.6. The van der Waals surface area contributed by atoms with Crippen molar-refractivity contribution in [3.8, 4) is 6.07 Å². The van der Waals surface area contributed by atoms with Crippen molar-refractivity contribution in [2.75, 3.05) is 18.4 Å². The Balaban J connectivity index is 2.05. The third kappa shape index (κ3) is 3.18. The van der Waals surface area contributed by atoms with Crippen LogP contribution in [-0.4, -0.2) is 29.9 Å². The molecule has 5 heteroatoms. The molecule has 1 unspecified atom stereocenters.